The molecule has 1 heterocycles. The van der Waals surface area contributed by atoms with Crippen LogP contribution in [0.1, 0.15) is 13.8 Å². The number of hydroxylamine groups is 2. The molecule has 10 heavy (non-hydrogen) atoms. The van der Waals surface area contributed by atoms with Gasteiger partial charge in [0, 0.05) is 18.3 Å². The van der Waals surface area contributed by atoms with E-state index in [1.807, 2.05) is 13.1 Å². The van der Waals surface area contributed by atoms with Crippen LogP contribution in [0.2, 0.25) is 0 Å². The number of nitrogens with zero attached hydrogens (tertiary/aromatic N) is 1. The Labute approximate surface area is 61.7 Å². The topological polar surface area (TPSA) is 12.5 Å². The molecule has 0 aliphatic carbocycles. The van der Waals surface area contributed by atoms with Crippen molar-refractivity contribution in [2.75, 3.05) is 0 Å². The third kappa shape index (κ3) is 1.39. The molecule has 2 unspecified atom stereocenters. The fraction of sp³-hybridized carbons (Fsp3) is 0.500. The summed E-state index contributed by atoms with van der Waals surface area (Å²) in [5.74, 6) is 0.496. The highest BCUT2D eigenvalue weighted by molar-refractivity contribution is 4.93. The van der Waals surface area contributed by atoms with Gasteiger partial charge in [0.25, 0.3) is 0 Å². The van der Waals surface area contributed by atoms with Crippen molar-refractivity contribution >= 4 is 0 Å². The molecule has 0 spiro atoms. The van der Waals surface area contributed by atoms with Crippen molar-refractivity contribution in [1.29, 1.82) is 0 Å². The van der Waals surface area contributed by atoms with Crippen LogP contribution in [0.25, 0.3) is 0 Å². The molecule has 0 bridgehead atoms. The maximum atomic E-state index is 5.38. The molecule has 2 nitrogen and oxygen atoms in total. The predicted octanol–water partition coefficient (Wildman–Crippen LogP) is 1.92. The third-order valence-corrected chi connectivity index (χ3v) is 1.74. The molecule has 0 fully saturated rings. The van der Waals surface area contributed by atoms with Gasteiger partial charge in [-0.3, -0.25) is 4.84 Å². The fourth-order valence-electron chi connectivity index (χ4n) is 0.804. The smallest absolute Gasteiger partial charge is 0.0893 e. The molecule has 1 aliphatic heterocycles. The summed E-state index contributed by atoms with van der Waals surface area (Å²) in [6.07, 6.45) is 5.90. The molecule has 1 aliphatic rings. The maximum absolute atomic E-state index is 5.38. The summed E-state index contributed by atoms with van der Waals surface area (Å²) in [5, 5.41) is 1.63. The summed E-state index contributed by atoms with van der Waals surface area (Å²) in [6.45, 7) is 7.77. The lowest BCUT2D eigenvalue weighted by Crippen LogP contribution is -2.28. The molecule has 2 heteroatoms. The van der Waals surface area contributed by atoms with E-state index < -0.39 is 0 Å². The maximum Gasteiger partial charge on any atom is 0.0893 e. The molecule has 0 amide bonds. The monoisotopic (exact) mass is 139 g/mol. The minimum Gasteiger partial charge on any atom is -0.266 e. The minimum absolute atomic E-state index is 0.253. The largest absolute Gasteiger partial charge is 0.266 e. The van der Waals surface area contributed by atoms with Gasteiger partial charge in [0.1, 0.15) is 0 Å². The van der Waals surface area contributed by atoms with Crippen LogP contribution in [0, 0.1) is 5.92 Å². The normalized spacial score (nSPS) is 32.4. The molecule has 0 saturated carbocycles. The Bertz CT molecular complexity index is 153. The average Bonchev–Trinajstić information content (AvgIpc) is 1.95. The first kappa shape index (κ1) is 7.35. The molecule has 1 rings (SSSR count). The van der Waals surface area contributed by atoms with E-state index in [1.165, 1.54) is 0 Å². The quantitative estimate of drug-likeness (QED) is 0.550. The predicted molar refractivity (Wildman–Crippen MR) is 40.9 cm³/mol. The zero-order valence-corrected chi connectivity index (χ0v) is 6.45. The van der Waals surface area contributed by atoms with E-state index in [1.54, 1.807) is 11.3 Å². The molecular weight excluding hydrogens is 126 g/mol. The van der Waals surface area contributed by atoms with Crippen molar-refractivity contribution in [1.82, 2.24) is 5.06 Å². The fourth-order valence-corrected chi connectivity index (χ4v) is 0.804. The Morgan fingerprint density at radius 2 is 2.30 bits per heavy atom. The van der Waals surface area contributed by atoms with E-state index in [2.05, 4.69) is 19.6 Å². The highest BCUT2D eigenvalue weighted by atomic mass is 16.7. The van der Waals surface area contributed by atoms with E-state index in [0.717, 1.165) is 0 Å². The van der Waals surface area contributed by atoms with Crippen molar-refractivity contribution in [3.05, 3.63) is 25.1 Å². The molecule has 0 aromatic carbocycles. The zero-order valence-electron chi connectivity index (χ0n) is 6.45. The average molecular weight is 139 g/mol. The Balaban J connectivity index is 2.59. The summed E-state index contributed by atoms with van der Waals surface area (Å²) >= 11 is 0. The Hall–Kier alpha value is -0.760. The number of rotatable bonds is 1. The van der Waals surface area contributed by atoms with Gasteiger partial charge >= 0.3 is 0 Å². The second kappa shape index (κ2) is 2.88. The van der Waals surface area contributed by atoms with Gasteiger partial charge in [-0.2, -0.15) is 0 Å². The summed E-state index contributed by atoms with van der Waals surface area (Å²) in [4.78, 5) is 5.38. The number of hydrogen-bond donors (Lipinski definition) is 0. The van der Waals surface area contributed by atoms with Crippen molar-refractivity contribution in [3.8, 4) is 0 Å². The standard InChI is InChI=1S/C8H13NO/c1-4-9-6-5-7(2)8(3)10-9/h4-8H,1H2,2-3H3. The second-order valence-electron chi connectivity index (χ2n) is 2.55. The van der Waals surface area contributed by atoms with Crippen LogP contribution in [-0.4, -0.2) is 11.2 Å². The Morgan fingerprint density at radius 1 is 1.60 bits per heavy atom. The lowest BCUT2D eigenvalue weighted by Gasteiger charge is -2.28. The molecule has 0 aromatic rings. The van der Waals surface area contributed by atoms with Crippen molar-refractivity contribution < 1.29 is 4.84 Å². The SMILES string of the molecule is C=CN1C=CC(C)C(C)O1. The highest BCUT2D eigenvalue weighted by Crippen LogP contribution is 2.16. The van der Waals surface area contributed by atoms with E-state index in [4.69, 9.17) is 4.84 Å². The summed E-state index contributed by atoms with van der Waals surface area (Å²) in [6, 6.07) is 0. The van der Waals surface area contributed by atoms with Crippen molar-refractivity contribution in [3.63, 3.8) is 0 Å². The van der Waals surface area contributed by atoms with Gasteiger partial charge in [0.2, 0.25) is 0 Å². The molecule has 56 valence electrons. The molecule has 0 saturated heterocycles. The summed E-state index contributed by atoms with van der Waals surface area (Å²) in [7, 11) is 0. The van der Waals surface area contributed by atoms with Crippen LogP contribution in [0.5, 0.6) is 0 Å². The van der Waals surface area contributed by atoms with Gasteiger partial charge in [-0.05, 0) is 6.92 Å². The summed E-state index contributed by atoms with van der Waals surface area (Å²) < 4.78 is 0. The van der Waals surface area contributed by atoms with Gasteiger partial charge in [-0.15, -0.1) is 0 Å². The van der Waals surface area contributed by atoms with Gasteiger partial charge in [-0.25, -0.2) is 5.06 Å². The van der Waals surface area contributed by atoms with E-state index >= 15 is 0 Å². The van der Waals surface area contributed by atoms with E-state index in [0.29, 0.717) is 5.92 Å². The van der Waals surface area contributed by atoms with Gasteiger partial charge < -0.3 is 0 Å². The van der Waals surface area contributed by atoms with E-state index in [-0.39, 0.29) is 6.10 Å². The van der Waals surface area contributed by atoms with Crippen LogP contribution in [-0.2, 0) is 4.84 Å². The number of hydrogen-bond acceptors (Lipinski definition) is 2. The van der Waals surface area contributed by atoms with Gasteiger partial charge in [-0.1, -0.05) is 19.6 Å². The Morgan fingerprint density at radius 3 is 2.80 bits per heavy atom. The minimum atomic E-state index is 0.253. The van der Waals surface area contributed by atoms with Crippen LogP contribution in [0.3, 0.4) is 0 Å². The highest BCUT2D eigenvalue weighted by Gasteiger charge is 2.15. The third-order valence-electron chi connectivity index (χ3n) is 1.74. The first-order valence-corrected chi connectivity index (χ1v) is 3.50. The molecule has 0 aromatic heterocycles. The first-order chi connectivity index (χ1) is 4.74. The Kier molecular flexibility index (Phi) is 2.12. The zero-order chi connectivity index (χ0) is 7.56. The lowest BCUT2D eigenvalue weighted by molar-refractivity contribution is -0.146. The van der Waals surface area contributed by atoms with Crippen LogP contribution >= 0.6 is 0 Å². The molecule has 0 radical (unpaired) electrons. The van der Waals surface area contributed by atoms with Crippen LogP contribution in [0.15, 0.2) is 25.1 Å². The molecule has 0 N–H and O–H groups in total. The van der Waals surface area contributed by atoms with Crippen LogP contribution in [0.4, 0.5) is 0 Å². The summed E-state index contributed by atoms with van der Waals surface area (Å²) in [5.41, 5.74) is 0. The molecular formula is C8H13NO. The molecule has 2 atom stereocenters. The lowest BCUT2D eigenvalue weighted by atomic mass is 10.1. The van der Waals surface area contributed by atoms with Crippen molar-refractivity contribution in [2.24, 2.45) is 5.92 Å². The van der Waals surface area contributed by atoms with E-state index in [9.17, 15) is 0 Å². The first-order valence-electron chi connectivity index (χ1n) is 3.50. The van der Waals surface area contributed by atoms with Crippen molar-refractivity contribution in [2.45, 2.75) is 20.0 Å². The van der Waals surface area contributed by atoms with Gasteiger partial charge in [0.05, 0.1) is 6.10 Å². The van der Waals surface area contributed by atoms with Crippen LogP contribution < -0.4 is 0 Å². The second-order valence-corrected chi connectivity index (χ2v) is 2.55. The van der Waals surface area contributed by atoms with Gasteiger partial charge in [0.15, 0.2) is 0 Å².